The Kier molecular flexibility index (Phi) is 3.63. The summed E-state index contributed by atoms with van der Waals surface area (Å²) in [5.74, 6) is 0. The van der Waals surface area contributed by atoms with Crippen LogP contribution in [0.2, 0.25) is 0 Å². The van der Waals surface area contributed by atoms with Crippen molar-refractivity contribution in [2.24, 2.45) is 0 Å². The van der Waals surface area contributed by atoms with Crippen LogP contribution in [0.4, 0.5) is 0 Å². The highest BCUT2D eigenvalue weighted by Crippen LogP contribution is 2.50. The molecule has 0 N–H and O–H groups in total. The van der Waals surface area contributed by atoms with Crippen molar-refractivity contribution in [3.05, 3.63) is 94.5 Å². The Morgan fingerprint density at radius 2 is 1.31 bits per heavy atom. The highest BCUT2D eigenvalue weighted by atomic mass is 79.9. The molecule has 0 atom stereocenters. The van der Waals surface area contributed by atoms with Crippen molar-refractivity contribution in [1.82, 2.24) is 0 Å². The normalized spacial score (nSPS) is 14.3. The van der Waals surface area contributed by atoms with Gasteiger partial charge in [-0.1, -0.05) is 72.2 Å². The largest absolute Gasteiger partial charge is 0.135 e. The molecule has 6 rings (SSSR count). The first-order chi connectivity index (χ1) is 14.0. The average molecular weight is 455 g/mol. The first-order valence-corrected chi connectivity index (χ1v) is 11.5. The van der Waals surface area contributed by atoms with E-state index in [1.807, 2.05) is 11.3 Å². The lowest BCUT2D eigenvalue weighted by molar-refractivity contribution is 0.660. The standard InChI is InChI=1S/C27H19BrS/c1-27(2)23-14-17(7-10-19(23)20-11-9-18(28)15-24(20)27)16-8-12-26-22(13-16)21-5-3-4-6-25(21)29-26/h3-15H,1-2H3. The van der Waals surface area contributed by atoms with E-state index in [2.05, 4.69) is 109 Å². The van der Waals surface area contributed by atoms with Gasteiger partial charge in [-0.2, -0.15) is 0 Å². The first-order valence-electron chi connectivity index (χ1n) is 9.89. The SMILES string of the molecule is CC1(C)c2cc(Br)ccc2-c2ccc(-c3ccc4sc5ccccc5c4c3)cc21. The van der Waals surface area contributed by atoms with Crippen LogP contribution >= 0.6 is 27.3 Å². The van der Waals surface area contributed by atoms with Crippen LogP contribution in [0.5, 0.6) is 0 Å². The van der Waals surface area contributed by atoms with Crippen molar-refractivity contribution in [1.29, 1.82) is 0 Å². The topological polar surface area (TPSA) is 0 Å². The van der Waals surface area contributed by atoms with Crippen LogP contribution < -0.4 is 0 Å². The second-order valence-corrected chi connectivity index (χ2v) is 10.4. The lowest BCUT2D eigenvalue weighted by Crippen LogP contribution is -2.15. The molecule has 0 spiro atoms. The maximum absolute atomic E-state index is 3.65. The third-order valence-corrected chi connectivity index (χ3v) is 7.99. The molecule has 0 amide bonds. The minimum atomic E-state index is 0.00361. The maximum Gasteiger partial charge on any atom is 0.0355 e. The zero-order chi connectivity index (χ0) is 19.8. The van der Waals surface area contributed by atoms with Crippen LogP contribution in [0, 0.1) is 0 Å². The van der Waals surface area contributed by atoms with Gasteiger partial charge in [0.2, 0.25) is 0 Å². The van der Waals surface area contributed by atoms with E-state index in [0.29, 0.717) is 0 Å². The van der Waals surface area contributed by atoms with E-state index in [9.17, 15) is 0 Å². The molecule has 0 fully saturated rings. The number of fused-ring (bicyclic) bond motifs is 6. The lowest BCUT2D eigenvalue weighted by atomic mass is 9.81. The zero-order valence-corrected chi connectivity index (χ0v) is 18.7. The van der Waals surface area contributed by atoms with Gasteiger partial charge in [0.1, 0.15) is 0 Å². The molecule has 0 unspecified atom stereocenters. The second-order valence-electron chi connectivity index (χ2n) is 8.38. The molecule has 0 saturated heterocycles. The average Bonchev–Trinajstić information content (AvgIpc) is 3.20. The van der Waals surface area contributed by atoms with Crippen LogP contribution in [0.25, 0.3) is 42.4 Å². The smallest absolute Gasteiger partial charge is 0.0355 e. The highest BCUT2D eigenvalue weighted by Gasteiger charge is 2.35. The number of hydrogen-bond donors (Lipinski definition) is 0. The molecule has 1 aromatic heterocycles. The van der Waals surface area contributed by atoms with Crippen molar-refractivity contribution in [3.8, 4) is 22.3 Å². The summed E-state index contributed by atoms with van der Waals surface area (Å²) < 4.78 is 3.86. The molecule has 1 aliphatic rings. The molecular weight excluding hydrogens is 436 g/mol. The summed E-state index contributed by atoms with van der Waals surface area (Å²) in [5, 5.41) is 2.71. The molecule has 5 aromatic rings. The molecule has 29 heavy (non-hydrogen) atoms. The Bertz CT molecular complexity index is 1440. The Morgan fingerprint density at radius 3 is 2.17 bits per heavy atom. The van der Waals surface area contributed by atoms with Gasteiger partial charge >= 0.3 is 0 Å². The Labute approximate surface area is 183 Å². The van der Waals surface area contributed by atoms with Gasteiger partial charge in [0, 0.05) is 30.1 Å². The lowest BCUT2D eigenvalue weighted by Gasteiger charge is -2.22. The first kappa shape index (κ1) is 17.4. The van der Waals surface area contributed by atoms with Crippen LogP contribution in [0.15, 0.2) is 83.3 Å². The van der Waals surface area contributed by atoms with Gasteiger partial charge in [-0.05, 0) is 69.8 Å². The molecule has 0 saturated carbocycles. The van der Waals surface area contributed by atoms with Gasteiger partial charge < -0.3 is 0 Å². The van der Waals surface area contributed by atoms with Gasteiger partial charge in [-0.3, -0.25) is 0 Å². The van der Waals surface area contributed by atoms with Crippen LogP contribution in [0.1, 0.15) is 25.0 Å². The molecule has 0 bridgehead atoms. The van der Waals surface area contributed by atoms with Gasteiger partial charge in [-0.25, -0.2) is 0 Å². The molecule has 140 valence electrons. The summed E-state index contributed by atoms with van der Waals surface area (Å²) in [6.45, 7) is 4.67. The minimum absolute atomic E-state index is 0.00361. The molecule has 1 aliphatic carbocycles. The number of halogens is 1. The maximum atomic E-state index is 3.65. The zero-order valence-electron chi connectivity index (χ0n) is 16.3. The predicted molar refractivity (Wildman–Crippen MR) is 130 cm³/mol. The Hall–Kier alpha value is -2.42. The monoisotopic (exact) mass is 454 g/mol. The van der Waals surface area contributed by atoms with E-state index in [0.717, 1.165) is 4.47 Å². The quantitative estimate of drug-likeness (QED) is 0.237. The summed E-state index contributed by atoms with van der Waals surface area (Å²) in [5.41, 5.74) is 8.13. The molecule has 0 radical (unpaired) electrons. The second kappa shape index (κ2) is 6.04. The highest BCUT2D eigenvalue weighted by molar-refractivity contribution is 9.10. The fourth-order valence-corrected chi connectivity index (χ4v) is 6.24. The molecule has 2 heteroatoms. The molecular formula is C27H19BrS. The van der Waals surface area contributed by atoms with Crippen molar-refractivity contribution in [2.75, 3.05) is 0 Å². The Morgan fingerprint density at radius 1 is 0.655 bits per heavy atom. The van der Waals surface area contributed by atoms with E-state index in [-0.39, 0.29) is 5.41 Å². The van der Waals surface area contributed by atoms with E-state index in [1.54, 1.807) is 0 Å². The number of benzene rings is 4. The molecule has 4 aromatic carbocycles. The summed E-state index contributed by atoms with van der Waals surface area (Å²) >= 11 is 5.53. The number of rotatable bonds is 1. The van der Waals surface area contributed by atoms with E-state index >= 15 is 0 Å². The van der Waals surface area contributed by atoms with Gasteiger partial charge in [0.25, 0.3) is 0 Å². The van der Waals surface area contributed by atoms with E-state index in [4.69, 9.17) is 0 Å². The van der Waals surface area contributed by atoms with Crippen molar-refractivity contribution >= 4 is 47.4 Å². The molecule has 0 nitrogen and oxygen atoms in total. The van der Waals surface area contributed by atoms with Crippen LogP contribution in [0.3, 0.4) is 0 Å². The van der Waals surface area contributed by atoms with E-state index in [1.165, 1.54) is 53.6 Å². The third kappa shape index (κ3) is 2.49. The van der Waals surface area contributed by atoms with Crippen molar-refractivity contribution < 1.29 is 0 Å². The Balaban J connectivity index is 1.54. The van der Waals surface area contributed by atoms with Gasteiger partial charge in [0.05, 0.1) is 0 Å². The number of thiophene rings is 1. The summed E-state index contributed by atoms with van der Waals surface area (Å²) in [6.07, 6.45) is 0. The summed E-state index contributed by atoms with van der Waals surface area (Å²) in [4.78, 5) is 0. The molecule has 0 aliphatic heterocycles. The fraction of sp³-hybridized carbons (Fsp3) is 0.111. The van der Waals surface area contributed by atoms with Gasteiger partial charge in [0.15, 0.2) is 0 Å². The molecule has 1 heterocycles. The van der Waals surface area contributed by atoms with Crippen LogP contribution in [-0.2, 0) is 5.41 Å². The summed E-state index contributed by atoms with van der Waals surface area (Å²) in [7, 11) is 0. The van der Waals surface area contributed by atoms with Crippen molar-refractivity contribution in [3.63, 3.8) is 0 Å². The third-order valence-electron chi connectivity index (χ3n) is 6.35. The van der Waals surface area contributed by atoms with E-state index < -0.39 is 0 Å². The fourth-order valence-electron chi connectivity index (χ4n) is 4.79. The minimum Gasteiger partial charge on any atom is -0.135 e. The predicted octanol–water partition coefficient (Wildman–Crippen LogP) is 8.79. The van der Waals surface area contributed by atoms with Crippen molar-refractivity contribution in [2.45, 2.75) is 19.3 Å². The van der Waals surface area contributed by atoms with Gasteiger partial charge in [-0.15, -0.1) is 11.3 Å². The van der Waals surface area contributed by atoms with Crippen LogP contribution in [-0.4, -0.2) is 0 Å². The summed E-state index contributed by atoms with van der Waals surface area (Å²) in [6, 6.07) is 29.3. The number of hydrogen-bond acceptors (Lipinski definition) is 1.